The summed E-state index contributed by atoms with van der Waals surface area (Å²) in [5, 5.41) is 3.11. The molecule has 0 saturated carbocycles. The highest BCUT2D eigenvalue weighted by Gasteiger charge is 2.28. The van der Waals surface area contributed by atoms with Crippen LogP contribution in [0.5, 0.6) is 0 Å². The van der Waals surface area contributed by atoms with Crippen molar-refractivity contribution in [1.29, 1.82) is 0 Å². The van der Waals surface area contributed by atoms with Gasteiger partial charge in [-0.2, -0.15) is 0 Å². The Morgan fingerprint density at radius 3 is 2.24 bits per heavy atom. The summed E-state index contributed by atoms with van der Waals surface area (Å²) in [5.41, 5.74) is 5.97. The lowest BCUT2D eigenvalue weighted by molar-refractivity contribution is -0.123. The largest absolute Gasteiger partial charge is 0.353 e. The predicted molar refractivity (Wildman–Crippen MR) is 89.1 cm³/mol. The van der Waals surface area contributed by atoms with E-state index in [2.05, 4.69) is 37.9 Å². The van der Waals surface area contributed by atoms with Crippen molar-refractivity contribution in [2.45, 2.75) is 71.9 Å². The number of nitrogens with two attached hydrogens (primary N) is 1. The third kappa shape index (κ3) is 5.95. The van der Waals surface area contributed by atoms with Gasteiger partial charge in [0.05, 0.1) is 6.04 Å². The van der Waals surface area contributed by atoms with Crippen LogP contribution in [-0.4, -0.2) is 42.5 Å². The van der Waals surface area contributed by atoms with E-state index in [4.69, 9.17) is 5.73 Å². The molecule has 0 aromatic rings. The van der Waals surface area contributed by atoms with Crippen LogP contribution in [0.2, 0.25) is 0 Å². The topological polar surface area (TPSA) is 58.4 Å². The van der Waals surface area contributed by atoms with Crippen molar-refractivity contribution < 1.29 is 4.79 Å². The number of nitrogens with zero attached hydrogens (tertiary/aromatic N) is 1. The van der Waals surface area contributed by atoms with Gasteiger partial charge in [0.25, 0.3) is 0 Å². The van der Waals surface area contributed by atoms with Crippen molar-refractivity contribution in [2.24, 2.45) is 17.6 Å². The lowest BCUT2D eigenvalue weighted by Gasteiger charge is -2.34. The summed E-state index contributed by atoms with van der Waals surface area (Å²) in [6.45, 7) is 11.8. The molecule has 1 aliphatic heterocycles. The van der Waals surface area contributed by atoms with Gasteiger partial charge in [0.1, 0.15) is 0 Å². The van der Waals surface area contributed by atoms with Gasteiger partial charge in [0.15, 0.2) is 0 Å². The van der Waals surface area contributed by atoms with E-state index in [0.29, 0.717) is 17.9 Å². The van der Waals surface area contributed by atoms with Gasteiger partial charge in [0.2, 0.25) is 5.91 Å². The molecule has 0 aromatic heterocycles. The van der Waals surface area contributed by atoms with E-state index in [1.807, 2.05) is 0 Å². The summed E-state index contributed by atoms with van der Waals surface area (Å²) < 4.78 is 0. The van der Waals surface area contributed by atoms with Gasteiger partial charge in [-0.05, 0) is 44.2 Å². The lowest BCUT2D eigenvalue weighted by atomic mass is 9.92. The summed E-state index contributed by atoms with van der Waals surface area (Å²) in [7, 11) is 0. The second-order valence-corrected chi connectivity index (χ2v) is 6.87. The predicted octanol–water partition coefficient (Wildman–Crippen LogP) is 2.38. The van der Waals surface area contributed by atoms with Crippen LogP contribution < -0.4 is 11.1 Å². The monoisotopic (exact) mass is 297 g/mol. The molecule has 1 aliphatic rings. The number of nitrogens with one attached hydrogen (secondary N) is 1. The second kappa shape index (κ2) is 9.42. The van der Waals surface area contributed by atoms with Gasteiger partial charge in [0, 0.05) is 12.6 Å². The maximum atomic E-state index is 12.1. The first-order valence-corrected chi connectivity index (χ1v) is 8.76. The molecule has 1 saturated heterocycles. The molecule has 0 aliphatic carbocycles. The van der Waals surface area contributed by atoms with Crippen molar-refractivity contribution in [1.82, 2.24) is 10.2 Å². The van der Waals surface area contributed by atoms with E-state index >= 15 is 0 Å². The number of hydrogen-bond acceptors (Lipinski definition) is 3. The average Bonchev–Trinajstić information content (AvgIpc) is 2.96. The SMILES string of the molecule is CCC(CC)C(CNC(=O)[C@@H](N)CC(C)C)N1CCCC1. The second-order valence-electron chi connectivity index (χ2n) is 6.87. The molecule has 1 heterocycles. The van der Waals surface area contributed by atoms with Crippen LogP contribution in [0.4, 0.5) is 0 Å². The van der Waals surface area contributed by atoms with Crippen LogP contribution in [0.1, 0.15) is 59.8 Å². The Hall–Kier alpha value is -0.610. The zero-order chi connectivity index (χ0) is 15.8. The van der Waals surface area contributed by atoms with Gasteiger partial charge in [-0.3, -0.25) is 9.69 Å². The van der Waals surface area contributed by atoms with Crippen LogP contribution in [-0.2, 0) is 4.79 Å². The average molecular weight is 297 g/mol. The minimum Gasteiger partial charge on any atom is -0.353 e. The molecule has 1 amide bonds. The van der Waals surface area contributed by atoms with Crippen molar-refractivity contribution >= 4 is 5.91 Å². The smallest absolute Gasteiger partial charge is 0.236 e. The fraction of sp³-hybridized carbons (Fsp3) is 0.941. The summed E-state index contributed by atoms with van der Waals surface area (Å²) in [5.74, 6) is 1.13. The van der Waals surface area contributed by atoms with Gasteiger partial charge in [-0.25, -0.2) is 0 Å². The van der Waals surface area contributed by atoms with Crippen molar-refractivity contribution in [3.05, 3.63) is 0 Å². The summed E-state index contributed by atoms with van der Waals surface area (Å²) in [6, 6.07) is 0.101. The number of likely N-dealkylation sites (tertiary alicyclic amines) is 1. The summed E-state index contributed by atoms with van der Waals surface area (Å²) in [4.78, 5) is 14.7. The molecule has 4 heteroatoms. The molecule has 2 atom stereocenters. The molecule has 1 unspecified atom stereocenters. The van der Waals surface area contributed by atoms with E-state index in [1.165, 1.54) is 38.8 Å². The third-order valence-electron chi connectivity index (χ3n) is 4.75. The highest BCUT2D eigenvalue weighted by Crippen LogP contribution is 2.22. The maximum Gasteiger partial charge on any atom is 0.236 e. The highest BCUT2D eigenvalue weighted by molar-refractivity contribution is 5.81. The van der Waals surface area contributed by atoms with Crippen LogP contribution in [0.15, 0.2) is 0 Å². The van der Waals surface area contributed by atoms with Gasteiger partial charge in [-0.15, -0.1) is 0 Å². The van der Waals surface area contributed by atoms with Crippen LogP contribution in [0.25, 0.3) is 0 Å². The molecule has 1 rings (SSSR count). The molecule has 0 aromatic carbocycles. The van der Waals surface area contributed by atoms with Crippen molar-refractivity contribution in [2.75, 3.05) is 19.6 Å². The summed E-state index contributed by atoms with van der Waals surface area (Å²) in [6.07, 6.45) is 5.68. The first kappa shape index (κ1) is 18.4. The minimum absolute atomic E-state index is 0.0128. The van der Waals surface area contributed by atoms with E-state index in [0.717, 1.165) is 13.0 Å². The summed E-state index contributed by atoms with van der Waals surface area (Å²) >= 11 is 0. The van der Waals surface area contributed by atoms with Crippen LogP contribution in [0.3, 0.4) is 0 Å². The maximum absolute atomic E-state index is 12.1. The zero-order valence-corrected chi connectivity index (χ0v) is 14.4. The molecule has 0 radical (unpaired) electrons. The molecule has 21 heavy (non-hydrogen) atoms. The molecule has 3 N–H and O–H groups in total. The Morgan fingerprint density at radius 2 is 1.76 bits per heavy atom. The number of carbonyl (C=O) groups excluding carboxylic acids is 1. The quantitative estimate of drug-likeness (QED) is 0.687. The standard InChI is InChI=1S/C17H35N3O/c1-5-14(6-2)16(20-9-7-8-10-20)12-19-17(21)15(18)11-13(3)4/h13-16H,5-12,18H2,1-4H3,(H,19,21)/t15-,16?/m0/s1. The first-order chi connectivity index (χ1) is 9.99. The molecule has 0 bridgehead atoms. The Bertz CT molecular complexity index is 294. The van der Waals surface area contributed by atoms with E-state index < -0.39 is 0 Å². The number of carbonyl (C=O) groups is 1. The van der Waals surface area contributed by atoms with Crippen molar-refractivity contribution in [3.8, 4) is 0 Å². The minimum atomic E-state index is -0.370. The normalized spacial score (nSPS) is 19.2. The van der Waals surface area contributed by atoms with E-state index in [-0.39, 0.29) is 11.9 Å². The Labute approximate surface area is 130 Å². The first-order valence-electron chi connectivity index (χ1n) is 8.76. The number of amides is 1. The molecule has 124 valence electrons. The van der Waals surface area contributed by atoms with Gasteiger partial charge < -0.3 is 11.1 Å². The highest BCUT2D eigenvalue weighted by atomic mass is 16.2. The fourth-order valence-electron chi connectivity index (χ4n) is 3.45. The van der Waals surface area contributed by atoms with E-state index in [9.17, 15) is 4.79 Å². The van der Waals surface area contributed by atoms with Gasteiger partial charge in [-0.1, -0.05) is 40.5 Å². The Morgan fingerprint density at radius 1 is 1.19 bits per heavy atom. The fourth-order valence-corrected chi connectivity index (χ4v) is 3.45. The Kier molecular flexibility index (Phi) is 8.27. The van der Waals surface area contributed by atoms with Crippen LogP contribution >= 0.6 is 0 Å². The van der Waals surface area contributed by atoms with Gasteiger partial charge >= 0.3 is 0 Å². The zero-order valence-electron chi connectivity index (χ0n) is 14.4. The molecule has 4 nitrogen and oxygen atoms in total. The molecule has 0 spiro atoms. The Balaban J connectivity index is 2.54. The number of hydrogen-bond donors (Lipinski definition) is 2. The molecular weight excluding hydrogens is 262 g/mol. The van der Waals surface area contributed by atoms with E-state index in [1.54, 1.807) is 0 Å². The molecule has 1 fully saturated rings. The third-order valence-corrected chi connectivity index (χ3v) is 4.75. The van der Waals surface area contributed by atoms with Crippen LogP contribution in [0, 0.1) is 11.8 Å². The lowest BCUT2D eigenvalue weighted by Crippen LogP contribution is -2.50. The van der Waals surface area contributed by atoms with Crippen molar-refractivity contribution in [3.63, 3.8) is 0 Å². The number of rotatable bonds is 9. The molecular formula is C17H35N3O.